The largest absolute Gasteiger partial charge is 0.461 e. The van der Waals surface area contributed by atoms with Crippen LogP contribution in [0.2, 0.25) is 0 Å². The Balaban J connectivity index is 2.03. The fraction of sp³-hybridized carbons (Fsp3) is 0.440. The second-order valence-electron chi connectivity index (χ2n) is 8.29. The van der Waals surface area contributed by atoms with Crippen molar-refractivity contribution in [1.29, 1.82) is 0 Å². The standard InChI is InChI=1S/C25H30N2O9/c1-16(28)35-15-18-14-17(20(29)7-5-6-19-21(30)9-10-22(19)31)8-11-23(18)36-25(33)27(3)13-12-26(2)24(32)34-4/h8-11,14,19H,5-7,12-13,15H2,1-4H3. The number of benzene rings is 1. The van der Waals surface area contributed by atoms with E-state index in [0.717, 1.165) is 0 Å². The number of likely N-dealkylation sites (N-methyl/N-ethyl adjacent to an activating group) is 2. The molecule has 0 atom stereocenters. The van der Waals surface area contributed by atoms with Gasteiger partial charge >= 0.3 is 18.2 Å². The molecule has 2 amide bonds. The summed E-state index contributed by atoms with van der Waals surface area (Å²) in [6.45, 7) is 1.39. The van der Waals surface area contributed by atoms with Crippen molar-refractivity contribution in [3.05, 3.63) is 41.5 Å². The van der Waals surface area contributed by atoms with Gasteiger partial charge in [-0.15, -0.1) is 0 Å². The second kappa shape index (κ2) is 13.2. The Kier molecular flexibility index (Phi) is 10.3. The number of methoxy groups -OCH3 is 1. The highest BCUT2D eigenvalue weighted by molar-refractivity contribution is 6.18. The summed E-state index contributed by atoms with van der Waals surface area (Å²) >= 11 is 0. The Labute approximate surface area is 208 Å². The monoisotopic (exact) mass is 502 g/mol. The van der Waals surface area contributed by atoms with Crippen LogP contribution in [0.1, 0.15) is 42.1 Å². The Morgan fingerprint density at radius 3 is 2.14 bits per heavy atom. The first kappa shape index (κ1) is 28.2. The topological polar surface area (TPSA) is 137 Å². The van der Waals surface area contributed by atoms with Gasteiger partial charge in [-0.25, -0.2) is 9.59 Å². The molecule has 1 aliphatic rings. The molecule has 11 nitrogen and oxygen atoms in total. The van der Waals surface area contributed by atoms with E-state index in [2.05, 4.69) is 4.74 Å². The number of hydrogen-bond donors (Lipinski definition) is 0. The third kappa shape index (κ3) is 8.03. The molecular formula is C25H30N2O9. The van der Waals surface area contributed by atoms with Gasteiger partial charge in [-0.3, -0.25) is 19.2 Å². The Morgan fingerprint density at radius 1 is 0.944 bits per heavy atom. The van der Waals surface area contributed by atoms with Crippen LogP contribution in [0.15, 0.2) is 30.4 Å². The predicted octanol–water partition coefficient (Wildman–Crippen LogP) is 2.56. The minimum absolute atomic E-state index is 0.110. The van der Waals surface area contributed by atoms with Crippen molar-refractivity contribution in [3.63, 3.8) is 0 Å². The molecule has 0 saturated carbocycles. The van der Waals surface area contributed by atoms with Crippen LogP contribution in [0, 0.1) is 5.92 Å². The molecule has 0 aliphatic heterocycles. The van der Waals surface area contributed by atoms with Gasteiger partial charge in [-0.05, 0) is 43.2 Å². The van der Waals surface area contributed by atoms with Gasteiger partial charge in [-0.1, -0.05) is 0 Å². The number of hydrogen-bond acceptors (Lipinski definition) is 9. The van der Waals surface area contributed by atoms with E-state index in [1.54, 1.807) is 0 Å². The van der Waals surface area contributed by atoms with Crippen LogP contribution in [0.3, 0.4) is 0 Å². The fourth-order valence-corrected chi connectivity index (χ4v) is 3.39. The molecule has 0 spiro atoms. The zero-order valence-corrected chi connectivity index (χ0v) is 20.8. The van der Waals surface area contributed by atoms with Gasteiger partial charge in [0.25, 0.3) is 0 Å². The molecule has 0 radical (unpaired) electrons. The number of amides is 2. The molecule has 1 aromatic carbocycles. The van der Waals surface area contributed by atoms with Crippen molar-refractivity contribution in [2.75, 3.05) is 34.3 Å². The normalized spacial score (nSPS) is 12.9. The molecule has 36 heavy (non-hydrogen) atoms. The molecule has 1 aliphatic carbocycles. The molecule has 1 aromatic rings. The number of esters is 1. The van der Waals surface area contributed by atoms with Crippen molar-refractivity contribution in [1.82, 2.24) is 9.80 Å². The fourth-order valence-electron chi connectivity index (χ4n) is 3.39. The molecule has 0 bridgehead atoms. The molecule has 0 unspecified atom stereocenters. The van der Waals surface area contributed by atoms with E-state index >= 15 is 0 Å². The van der Waals surface area contributed by atoms with Crippen LogP contribution in [-0.4, -0.2) is 79.6 Å². The number of allylic oxidation sites excluding steroid dienone is 2. The lowest BCUT2D eigenvalue weighted by molar-refractivity contribution is -0.142. The van der Waals surface area contributed by atoms with Crippen LogP contribution >= 0.6 is 0 Å². The third-order valence-electron chi connectivity index (χ3n) is 5.57. The smallest absolute Gasteiger partial charge is 0.415 e. The van der Waals surface area contributed by atoms with Crippen molar-refractivity contribution in [2.45, 2.75) is 32.8 Å². The van der Waals surface area contributed by atoms with Crippen LogP contribution in [0.25, 0.3) is 0 Å². The number of ether oxygens (including phenoxy) is 3. The molecular weight excluding hydrogens is 472 g/mol. The molecule has 194 valence electrons. The average molecular weight is 503 g/mol. The van der Waals surface area contributed by atoms with Gasteiger partial charge in [0.05, 0.1) is 13.0 Å². The maximum Gasteiger partial charge on any atom is 0.415 e. The summed E-state index contributed by atoms with van der Waals surface area (Å²) in [6, 6.07) is 4.40. The van der Waals surface area contributed by atoms with E-state index in [1.165, 1.54) is 68.3 Å². The first-order valence-electron chi connectivity index (χ1n) is 11.3. The minimum Gasteiger partial charge on any atom is -0.461 e. The number of nitrogens with zero attached hydrogens (tertiary/aromatic N) is 2. The molecule has 0 N–H and O–H groups in total. The minimum atomic E-state index is -0.719. The molecule has 2 rings (SSSR count). The number of rotatable bonds is 11. The third-order valence-corrected chi connectivity index (χ3v) is 5.57. The summed E-state index contributed by atoms with van der Waals surface area (Å²) in [5.74, 6) is -1.88. The van der Waals surface area contributed by atoms with E-state index in [4.69, 9.17) is 9.47 Å². The average Bonchev–Trinajstić information content (AvgIpc) is 3.17. The molecule has 0 heterocycles. The second-order valence-corrected chi connectivity index (χ2v) is 8.29. The summed E-state index contributed by atoms with van der Waals surface area (Å²) < 4.78 is 15.1. The number of Topliss-reactive ketones (excluding diaryl/α,β-unsaturated/α-hetero) is 1. The lowest BCUT2D eigenvalue weighted by Crippen LogP contribution is -2.38. The van der Waals surface area contributed by atoms with Gasteiger partial charge in [-0.2, -0.15) is 0 Å². The number of ketones is 3. The predicted molar refractivity (Wildman–Crippen MR) is 126 cm³/mol. The highest BCUT2D eigenvalue weighted by atomic mass is 16.6. The van der Waals surface area contributed by atoms with E-state index in [1.807, 2.05) is 0 Å². The summed E-state index contributed by atoms with van der Waals surface area (Å²) in [5, 5.41) is 0. The summed E-state index contributed by atoms with van der Waals surface area (Å²) in [6.07, 6.45) is 2.00. The lowest BCUT2D eigenvalue weighted by Gasteiger charge is -2.21. The number of carbonyl (C=O) groups is 6. The van der Waals surface area contributed by atoms with Crippen molar-refractivity contribution in [3.8, 4) is 5.75 Å². The van der Waals surface area contributed by atoms with Crippen molar-refractivity contribution < 1.29 is 43.0 Å². The zero-order valence-electron chi connectivity index (χ0n) is 20.8. The molecule has 0 saturated heterocycles. The van der Waals surface area contributed by atoms with Gasteiger partial charge < -0.3 is 24.0 Å². The molecule has 0 aromatic heterocycles. The van der Waals surface area contributed by atoms with Crippen LogP contribution in [0.5, 0.6) is 5.75 Å². The Hall–Kier alpha value is -4.02. The Bertz CT molecular complexity index is 1050. The van der Waals surface area contributed by atoms with Gasteiger partial charge in [0.2, 0.25) is 0 Å². The Morgan fingerprint density at radius 2 is 1.56 bits per heavy atom. The van der Waals surface area contributed by atoms with E-state index in [9.17, 15) is 28.8 Å². The van der Waals surface area contributed by atoms with Crippen molar-refractivity contribution >= 4 is 35.5 Å². The number of carbonyl (C=O) groups excluding carboxylic acids is 6. The SMILES string of the molecule is COC(=O)N(C)CCN(C)C(=O)Oc1ccc(C(=O)CCCC2C(=O)C=CC2=O)cc1COC(C)=O. The highest BCUT2D eigenvalue weighted by Crippen LogP contribution is 2.24. The van der Waals surface area contributed by atoms with Gasteiger partial charge in [0, 0.05) is 51.7 Å². The first-order chi connectivity index (χ1) is 17.0. The van der Waals surface area contributed by atoms with E-state index in [0.29, 0.717) is 17.5 Å². The maximum atomic E-state index is 12.7. The first-order valence-corrected chi connectivity index (χ1v) is 11.3. The molecule has 0 fully saturated rings. The molecule has 11 heteroatoms. The van der Waals surface area contributed by atoms with Crippen LogP contribution < -0.4 is 4.74 Å². The summed E-state index contributed by atoms with van der Waals surface area (Å²) in [4.78, 5) is 73.9. The highest BCUT2D eigenvalue weighted by Gasteiger charge is 2.27. The van der Waals surface area contributed by atoms with Gasteiger partial charge in [0.15, 0.2) is 17.3 Å². The van der Waals surface area contributed by atoms with Crippen LogP contribution in [0.4, 0.5) is 9.59 Å². The summed E-state index contributed by atoms with van der Waals surface area (Å²) in [7, 11) is 4.27. The summed E-state index contributed by atoms with van der Waals surface area (Å²) in [5.41, 5.74) is 0.627. The maximum absolute atomic E-state index is 12.7. The zero-order chi connectivity index (χ0) is 26.8. The van der Waals surface area contributed by atoms with E-state index in [-0.39, 0.29) is 55.6 Å². The van der Waals surface area contributed by atoms with Gasteiger partial charge in [0.1, 0.15) is 12.4 Å². The van der Waals surface area contributed by atoms with E-state index < -0.39 is 24.1 Å². The van der Waals surface area contributed by atoms with Crippen molar-refractivity contribution in [2.24, 2.45) is 5.92 Å². The quantitative estimate of drug-likeness (QED) is 0.254. The lowest BCUT2D eigenvalue weighted by atomic mass is 9.95. The van der Waals surface area contributed by atoms with Crippen LogP contribution in [-0.2, 0) is 30.5 Å².